The molecule has 2 aromatic rings. The summed E-state index contributed by atoms with van der Waals surface area (Å²) in [6.45, 7) is 0. The van der Waals surface area contributed by atoms with Crippen LogP contribution in [0.2, 0.25) is 0 Å². The third-order valence-electron chi connectivity index (χ3n) is 2.64. The van der Waals surface area contributed by atoms with E-state index in [0.717, 1.165) is 0 Å². The quantitative estimate of drug-likeness (QED) is 0.719. The Morgan fingerprint density at radius 1 is 0.778 bits per heavy atom. The van der Waals surface area contributed by atoms with Gasteiger partial charge in [0.1, 0.15) is 0 Å². The molecule has 3 rings (SSSR count). The van der Waals surface area contributed by atoms with Crippen LogP contribution < -0.4 is 0 Å². The normalized spacial score (nSPS) is 16.9. The zero-order valence-corrected chi connectivity index (χ0v) is 13.2. The average Bonchev–Trinajstić information content (AvgIpc) is 2.89. The van der Waals surface area contributed by atoms with Gasteiger partial charge in [0.2, 0.25) is 0 Å². The summed E-state index contributed by atoms with van der Waals surface area (Å²) in [6, 6.07) is 21.4. The van der Waals surface area contributed by atoms with Gasteiger partial charge in [0.15, 0.2) is 0 Å². The Balaban J connectivity index is 1.77. The zero-order chi connectivity index (χ0) is 12.2. The molecule has 0 radical (unpaired) electrons. The first-order valence-corrected chi connectivity index (χ1v) is 9.34. The van der Waals surface area contributed by atoms with Crippen LogP contribution in [0.1, 0.15) is 11.1 Å². The van der Waals surface area contributed by atoms with Gasteiger partial charge in [0, 0.05) is 0 Å². The van der Waals surface area contributed by atoms with E-state index in [1.807, 2.05) is 0 Å². The van der Waals surface area contributed by atoms with Crippen LogP contribution in [0.4, 0.5) is 0 Å². The molecule has 0 spiro atoms. The molecule has 1 heterocycles. The third-order valence-corrected chi connectivity index (χ3v) is 8.70. The van der Waals surface area contributed by atoms with Crippen molar-refractivity contribution in [2.45, 2.75) is 0 Å². The molecule has 0 atom stereocenters. The van der Waals surface area contributed by atoms with Gasteiger partial charge in [-0.05, 0) is 0 Å². The molecule has 0 N–H and O–H groups in total. The molecule has 0 fully saturated rings. The third kappa shape index (κ3) is 2.85. The van der Waals surface area contributed by atoms with Crippen molar-refractivity contribution >= 4 is 40.5 Å². The molecule has 18 heavy (non-hydrogen) atoms. The van der Waals surface area contributed by atoms with Gasteiger partial charge in [-0.1, -0.05) is 0 Å². The molecule has 0 saturated heterocycles. The summed E-state index contributed by atoms with van der Waals surface area (Å²) in [5.74, 6) is 0. The number of benzene rings is 2. The molecule has 0 aromatic heterocycles. The Bertz CT molecular complexity index is 583. The average molecular weight is 362 g/mol. The minimum absolute atomic E-state index is 0.511. The van der Waals surface area contributed by atoms with Crippen LogP contribution in [0.3, 0.4) is 0 Å². The summed E-state index contributed by atoms with van der Waals surface area (Å²) in [5, 5.41) is 0. The molecule has 0 aliphatic carbocycles. The maximum atomic E-state index is 2.44. The summed E-state index contributed by atoms with van der Waals surface area (Å²) in [5.41, 5.74) is 2.73. The van der Waals surface area contributed by atoms with E-state index < -0.39 is 0 Å². The minimum atomic E-state index is 0.511. The predicted octanol–water partition coefficient (Wildman–Crippen LogP) is 3.41. The Morgan fingerprint density at radius 2 is 1.44 bits per heavy atom. The molecule has 2 heteroatoms. The van der Waals surface area contributed by atoms with Crippen LogP contribution in [-0.2, 0) is 0 Å². The Morgan fingerprint density at radius 3 is 2.17 bits per heavy atom. The van der Waals surface area contributed by atoms with Gasteiger partial charge in [0.25, 0.3) is 0 Å². The van der Waals surface area contributed by atoms with E-state index in [0.29, 0.717) is 29.9 Å². The van der Waals surface area contributed by atoms with Crippen LogP contribution >= 0.6 is 0 Å². The summed E-state index contributed by atoms with van der Waals surface area (Å²) in [7, 11) is 0. The molecule has 0 nitrogen and oxygen atoms in total. The van der Waals surface area contributed by atoms with E-state index in [2.05, 4.69) is 71.7 Å². The summed E-state index contributed by atoms with van der Waals surface area (Å²) >= 11 is 1.05. The molecule has 88 valence electrons. The number of rotatable bonds is 2. The fraction of sp³-hybridized carbons (Fsp3) is 0. The van der Waals surface area contributed by atoms with Crippen molar-refractivity contribution in [1.29, 1.82) is 0 Å². The van der Waals surface area contributed by atoms with E-state index >= 15 is 0 Å². The second-order valence-corrected chi connectivity index (χ2v) is 9.44. The molecule has 1 aliphatic heterocycles. The second-order valence-electron chi connectivity index (χ2n) is 3.94. The van der Waals surface area contributed by atoms with Gasteiger partial charge in [-0.15, -0.1) is 0 Å². The van der Waals surface area contributed by atoms with Crippen LogP contribution in [0, 0.1) is 0 Å². The molecule has 0 bridgehead atoms. The Hall–Kier alpha value is -1.04. The molecule has 0 amide bonds. The van der Waals surface area contributed by atoms with Crippen LogP contribution in [-0.4, -0.2) is 29.9 Å². The van der Waals surface area contributed by atoms with E-state index in [4.69, 9.17) is 0 Å². The van der Waals surface area contributed by atoms with Crippen molar-refractivity contribution in [3.05, 3.63) is 80.1 Å². The molecule has 0 saturated carbocycles. The summed E-state index contributed by atoms with van der Waals surface area (Å²) in [6.07, 6.45) is 2.37. The first-order chi connectivity index (χ1) is 8.92. The van der Waals surface area contributed by atoms with Crippen LogP contribution in [0.5, 0.6) is 0 Å². The SMILES string of the molecule is C(=C1[Se]C=C(c2ccccc2)[Se]1)c1ccccc1. The van der Waals surface area contributed by atoms with Crippen molar-refractivity contribution in [3.63, 3.8) is 0 Å². The first kappa shape index (κ1) is 12.0. The van der Waals surface area contributed by atoms with E-state index in [-0.39, 0.29) is 0 Å². The van der Waals surface area contributed by atoms with Crippen molar-refractivity contribution in [2.24, 2.45) is 0 Å². The van der Waals surface area contributed by atoms with Gasteiger partial charge in [-0.2, -0.15) is 0 Å². The van der Waals surface area contributed by atoms with Gasteiger partial charge in [0.05, 0.1) is 0 Å². The zero-order valence-electron chi connectivity index (χ0n) is 9.74. The molecular formula is C16H12Se2. The first-order valence-electron chi connectivity index (χ1n) is 5.79. The topological polar surface area (TPSA) is 0 Å². The maximum absolute atomic E-state index is 2.44. The fourth-order valence-electron chi connectivity index (χ4n) is 1.75. The van der Waals surface area contributed by atoms with Gasteiger partial charge in [-0.3, -0.25) is 0 Å². The summed E-state index contributed by atoms with van der Waals surface area (Å²) < 4.78 is 3.17. The van der Waals surface area contributed by atoms with Crippen molar-refractivity contribution in [3.8, 4) is 0 Å². The van der Waals surface area contributed by atoms with Crippen molar-refractivity contribution < 1.29 is 0 Å². The van der Waals surface area contributed by atoms with Crippen molar-refractivity contribution in [2.75, 3.05) is 0 Å². The molecular weight excluding hydrogens is 350 g/mol. The van der Waals surface area contributed by atoms with E-state index in [9.17, 15) is 0 Å². The summed E-state index contributed by atoms with van der Waals surface area (Å²) in [4.78, 5) is 2.44. The second kappa shape index (κ2) is 5.73. The predicted molar refractivity (Wildman–Crippen MR) is 80.3 cm³/mol. The number of hydrogen-bond donors (Lipinski definition) is 0. The number of hydrogen-bond acceptors (Lipinski definition) is 0. The van der Waals surface area contributed by atoms with Crippen LogP contribution in [0.25, 0.3) is 10.5 Å². The Kier molecular flexibility index (Phi) is 3.83. The van der Waals surface area contributed by atoms with E-state index in [1.165, 1.54) is 11.1 Å². The van der Waals surface area contributed by atoms with Crippen molar-refractivity contribution in [1.82, 2.24) is 0 Å². The van der Waals surface area contributed by atoms with Crippen LogP contribution in [0.15, 0.2) is 69.0 Å². The molecule has 0 unspecified atom stereocenters. The monoisotopic (exact) mass is 364 g/mol. The standard InChI is InChI=1S/C16H12Se2/c1-3-7-13(8-4-1)11-16-17-12-15(18-16)14-9-5-2-6-10-14/h1-12H. The van der Waals surface area contributed by atoms with Gasteiger partial charge in [-0.25, -0.2) is 0 Å². The van der Waals surface area contributed by atoms with Gasteiger partial charge < -0.3 is 0 Å². The molecule has 1 aliphatic rings. The van der Waals surface area contributed by atoms with E-state index in [1.54, 1.807) is 7.84 Å². The fourth-order valence-corrected chi connectivity index (χ4v) is 7.60. The Labute approximate surface area is 120 Å². The molecule has 2 aromatic carbocycles. The van der Waals surface area contributed by atoms with Gasteiger partial charge >= 0.3 is 121 Å².